The molecule has 2 aromatic carbocycles. The maximum Gasteiger partial charge on any atom is 0.319 e. The fourth-order valence-electron chi connectivity index (χ4n) is 8.09. The van der Waals surface area contributed by atoms with Crippen molar-refractivity contribution < 1.29 is 23.0 Å². The number of aromatic nitrogens is 2. The van der Waals surface area contributed by atoms with Gasteiger partial charge >= 0.3 is 6.01 Å². The lowest BCUT2D eigenvalue weighted by Gasteiger charge is -2.43. The van der Waals surface area contributed by atoms with Crippen LogP contribution >= 0.6 is 11.3 Å². The van der Waals surface area contributed by atoms with Gasteiger partial charge in [0.1, 0.15) is 34.4 Å². The lowest BCUT2D eigenvalue weighted by molar-refractivity contribution is 0.0196. The fourth-order valence-corrected chi connectivity index (χ4v) is 9.04. The van der Waals surface area contributed by atoms with Crippen LogP contribution in [-0.4, -0.2) is 77.6 Å². The average Bonchev–Trinajstić information content (AvgIpc) is 3.73. The minimum absolute atomic E-state index is 0.0183. The molecule has 4 N–H and O–H groups in total. The first kappa shape index (κ1) is 30.6. The molecule has 1 saturated carbocycles. The third kappa shape index (κ3) is 5.26. The number of likely N-dealkylation sites (tertiary alicyclic amines) is 1. The summed E-state index contributed by atoms with van der Waals surface area (Å²) < 4.78 is 52.4. The number of halogens is 3. The SMILES string of the molecule is N#Cc1c(N)sc2c(F)ccc(-c3c(CO)cc4c(N5CC6CCC(C5)N6)nc(OCC5(CN6CC[C@@H](F)C6)CCC5)nc4c3F)c12. The minimum atomic E-state index is -0.799. The number of rotatable bonds is 8. The Labute approximate surface area is 274 Å². The zero-order valence-electron chi connectivity index (χ0n) is 25.9. The lowest BCUT2D eigenvalue weighted by atomic mass is 9.69. The lowest BCUT2D eigenvalue weighted by Crippen LogP contribution is -2.51. The highest BCUT2D eigenvalue weighted by Gasteiger charge is 2.41. The summed E-state index contributed by atoms with van der Waals surface area (Å²) in [5, 5.41) is 24.9. The van der Waals surface area contributed by atoms with Crippen molar-refractivity contribution in [3.8, 4) is 23.2 Å². The van der Waals surface area contributed by atoms with E-state index in [9.17, 15) is 19.1 Å². The molecule has 2 bridgehead atoms. The number of aliphatic hydroxyl groups is 1. The third-order valence-electron chi connectivity index (χ3n) is 10.6. The Kier molecular flexibility index (Phi) is 7.67. The molecule has 9 nitrogen and oxygen atoms in total. The van der Waals surface area contributed by atoms with Crippen molar-refractivity contribution in [2.45, 2.75) is 63.4 Å². The van der Waals surface area contributed by atoms with Gasteiger partial charge in [-0.3, -0.25) is 4.90 Å². The van der Waals surface area contributed by atoms with Gasteiger partial charge < -0.3 is 25.8 Å². The molecule has 0 amide bonds. The van der Waals surface area contributed by atoms with E-state index in [1.54, 1.807) is 6.07 Å². The largest absolute Gasteiger partial charge is 0.463 e. The van der Waals surface area contributed by atoms with Gasteiger partial charge in [-0.1, -0.05) is 12.5 Å². The van der Waals surface area contributed by atoms with Gasteiger partial charge in [0.15, 0.2) is 5.82 Å². The van der Waals surface area contributed by atoms with Crippen molar-refractivity contribution in [2.75, 3.05) is 50.0 Å². The summed E-state index contributed by atoms with van der Waals surface area (Å²) >= 11 is 0.932. The summed E-state index contributed by atoms with van der Waals surface area (Å²) in [5.41, 5.74) is 6.57. The Morgan fingerprint density at radius 2 is 1.94 bits per heavy atom. The average molecular weight is 664 g/mol. The summed E-state index contributed by atoms with van der Waals surface area (Å²) in [6, 6.07) is 7.00. The smallest absolute Gasteiger partial charge is 0.319 e. The molecule has 4 aliphatic rings. The number of nitriles is 1. The predicted molar refractivity (Wildman–Crippen MR) is 175 cm³/mol. The number of hydrogen-bond donors (Lipinski definition) is 3. The van der Waals surface area contributed by atoms with Crippen molar-refractivity contribution in [3.63, 3.8) is 0 Å². The molecule has 4 fully saturated rings. The molecule has 0 radical (unpaired) electrons. The van der Waals surface area contributed by atoms with Crippen molar-refractivity contribution in [3.05, 3.63) is 41.0 Å². The number of alkyl halides is 1. The van der Waals surface area contributed by atoms with Gasteiger partial charge in [0.05, 0.1) is 23.5 Å². The van der Waals surface area contributed by atoms with Crippen LogP contribution in [0.1, 0.15) is 49.7 Å². The minimum Gasteiger partial charge on any atom is -0.463 e. The molecule has 4 aromatic rings. The van der Waals surface area contributed by atoms with Gasteiger partial charge in [-0.05, 0) is 55.4 Å². The summed E-state index contributed by atoms with van der Waals surface area (Å²) in [5.74, 6) is -0.750. The topological polar surface area (TPSA) is 124 Å². The second-order valence-corrected chi connectivity index (χ2v) is 14.7. The van der Waals surface area contributed by atoms with E-state index in [0.29, 0.717) is 43.9 Å². The molecule has 3 saturated heterocycles. The first-order chi connectivity index (χ1) is 22.8. The fraction of sp³-hybridized carbons (Fsp3) is 0.500. The van der Waals surface area contributed by atoms with Gasteiger partial charge in [0.2, 0.25) is 0 Å². The molecule has 0 spiro atoms. The highest BCUT2D eigenvalue weighted by atomic mass is 32.1. The molecular weight excluding hydrogens is 627 g/mol. The molecule has 246 valence electrons. The summed E-state index contributed by atoms with van der Waals surface area (Å²) in [6.45, 7) is 3.09. The molecule has 13 heteroatoms. The first-order valence-corrected chi connectivity index (χ1v) is 17.1. The molecule has 8 rings (SSSR count). The normalized spacial score (nSPS) is 23.8. The number of nitrogens with one attached hydrogen (secondary N) is 1. The van der Waals surface area contributed by atoms with E-state index in [-0.39, 0.29) is 66.4 Å². The second kappa shape index (κ2) is 11.8. The molecule has 47 heavy (non-hydrogen) atoms. The Hall–Kier alpha value is -3.70. The van der Waals surface area contributed by atoms with Crippen LogP contribution in [0.15, 0.2) is 18.2 Å². The van der Waals surface area contributed by atoms with Crippen molar-refractivity contribution >= 4 is 43.1 Å². The first-order valence-electron chi connectivity index (χ1n) is 16.3. The van der Waals surface area contributed by atoms with Gasteiger partial charge in [0, 0.05) is 66.6 Å². The van der Waals surface area contributed by atoms with E-state index in [4.69, 9.17) is 15.5 Å². The van der Waals surface area contributed by atoms with Gasteiger partial charge in [-0.2, -0.15) is 15.2 Å². The molecule has 2 aromatic heterocycles. The van der Waals surface area contributed by atoms with Gasteiger partial charge in [-0.25, -0.2) is 13.2 Å². The van der Waals surface area contributed by atoms with E-state index in [0.717, 1.165) is 56.5 Å². The van der Waals surface area contributed by atoms with Crippen molar-refractivity contribution in [1.29, 1.82) is 5.26 Å². The Morgan fingerprint density at radius 1 is 1.15 bits per heavy atom. The Balaban J connectivity index is 1.25. The Bertz CT molecular complexity index is 1910. The van der Waals surface area contributed by atoms with Crippen LogP contribution < -0.4 is 20.7 Å². The van der Waals surface area contributed by atoms with Crippen LogP contribution in [0.25, 0.3) is 32.1 Å². The van der Waals surface area contributed by atoms with Crippen LogP contribution in [0.4, 0.5) is 24.0 Å². The Morgan fingerprint density at radius 3 is 2.60 bits per heavy atom. The van der Waals surface area contributed by atoms with Crippen molar-refractivity contribution in [2.24, 2.45) is 5.41 Å². The highest BCUT2D eigenvalue weighted by molar-refractivity contribution is 7.23. The van der Waals surface area contributed by atoms with Crippen LogP contribution in [0.2, 0.25) is 0 Å². The number of aliphatic hydroxyl groups excluding tert-OH is 1. The zero-order chi connectivity index (χ0) is 32.4. The number of fused-ring (bicyclic) bond motifs is 4. The number of benzene rings is 2. The predicted octanol–water partition coefficient (Wildman–Crippen LogP) is 5.27. The molecular formula is C34H36F3N7O2S. The monoisotopic (exact) mass is 663 g/mol. The maximum atomic E-state index is 17.1. The second-order valence-electron chi connectivity index (χ2n) is 13.7. The number of hydrogen-bond acceptors (Lipinski definition) is 10. The number of anilines is 2. The van der Waals surface area contributed by atoms with Crippen LogP contribution in [0.5, 0.6) is 6.01 Å². The number of thiophene rings is 1. The van der Waals surface area contributed by atoms with E-state index in [1.807, 2.05) is 6.07 Å². The van der Waals surface area contributed by atoms with E-state index < -0.39 is 24.4 Å². The maximum absolute atomic E-state index is 17.1. The number of nitrogen functional groups attached to an aromatic ring is 1. The quantitative estimate of drug-likeness (QED) is 0.231. The molecule has 3 atom stereocenters. The molecule has 5 heterocycles. The summed E-state index contributed by atoms with van der Waals surface area (Å²) in [4.78, 5) is 13.8. The van der Waals surface area contributed by atoms with Crippen molar-refractivity contribution in [1.82, 2.24) is 20.2 Å². The van der Waals surface area contributed by atoms with Gasteiger partial charge in [-0.15, -0.1) is 11.3 Å². The number of nitrogens with zero attached hydrogens (tertiary/aromatic N) is 5. The zero-order valence-corrected chi connectivity index (χ0v) is 26.7. The van der Waals surface area contributed by atoms with E-state index in [2.05, 4.69) is 20.1 Å². The van der Waals surface area contributed by atoms with Crippen LogP contribution in [0.3, 0.4) is 0 Å². The third-order valence-corrected chi connectivity index (χ3v) is 11.6. The standard InChI is InChI=1S/C34H36F3N7O2S/c35-19-6-9-43(12-19)16-34(7-1-8-34)17-46-33-41-29-23(32(42-33)44-13-20-2-3-21(14-44)40-20)10-18(15-45)26(28(29)37)22-4-5-25(36)30-27(22)24(11-38)31(39)47-30/h4-5,10,19-21,40,45H,1-3,6-9,12-17,39H2/t19-,20?,21?/m1/s1. The van der Waals surface area contributed by atoms with E-state index >= 15 is 4.39 Å². The number of nitrogens with two attached hydrogens (primary N) is 1. The number of piperazine rings is 1. The van der Waals surface area contributed by atoms with Gasteiger partial charge in [0.25, 0.3) is 0 Å². The van der Waals surface area contributed by atoms with E-state index in [1.165, 1.54) is 12.1 Å². The summed E-state index contributed by atoms with van der Waals surface area (Å²) in [7, 11) is 0. The summed E-state index contributed by atoms with van der Waals surface area (Å²) in [6.07, 6.45) is 4.79. The molecule has 1 aliphatic carbocycles. The highest BCUT2D eigenvalue weighted by Crippen LogP contribution is 2.46. The molecule has 2 unspecified atom stereocenters. The van der Waals surface area contributed by atoms with Crippen LogP contribution in [-0.2, 0) is 6.61 Å². The van der Waals surface area contributed by atoms with Crippen LogP contribution in [0, 0.1) is 28.4 Å². The molecule has 3 aliphatic heterocycles. The number of ether oxygens (including phenoxy) is 1.